The summed E-state index contributed by atoms with van der Waals surface area (Å²) in [6, 6.07) is 11.7. The fraction of sp³-hybridized carbons (Fsp3) is 0.649. The average Bonchev–Trinajstić information content (AvgIpc) is 3.02. The van der Waals surface area contributed by atoms with Crippen molar-refractivity contribution in [2.45, 2.75) is 142 Å². The molecule has 0 unspecified atom stereocenters. The molecule has 0 heterocycles. The summed E-state index contributed by atoms with van der Waals surface area (Å²) >= 11 is 0. The molecule has 272 valence electrons. The molecule has 11 heteroatoms. The number of urea groups is 1. The van der Waals surface area contributed by atoms with Gasteiger partial charge in [-0.25, -0.2) is 4.79 Å². The Morgan fingerprint density at radius 1 is 0.500 bits per heavy atom. The van der Waals surface area contributed by atoms with Crippen LogP contribution in [-0.4, -0.2) is 34.4 Å². The zero-order valence-corrected chi connectivity index (χ0v) is 31.0. The lowest BCUT2D eigenvalue weighted by Crippen LogP contribution is -2.20. The van der Waals surface area contributed by atoms with Crippen molar-refractivity contribution in [3.8, 4) is 11.5 Å². The number of anilines is 2. The Morgan fingerprint density at radius 2 is 0.812 bits per heavy atom. The van der Waals surface area contributed by atoms with Gasteiger partial charge in [0.15, 0.2) is 0 Å². The molecule has 0 radical (unpaired) electrons. The van der Waals surface area contributed by atoms with E-state index >= 15 is 0 Å². The van der Waals surface area contributed by atoms with Crippen molar-refractivity contribution in [3.63, 3.8) is 0 Å². The zero-order chi connectivity index (χ0) is 34.9. The Labute approximate surface area is 291 Å². The molecule has 0 aliphatic rings. The molecule has 2 amide bonds. The molecule has 0 aliphatic carbocycles. The van der Waals surface area contributed by atoms with Crippen molar-refractivity contribution in [3.05, 3.63) is 48.5 Å². The normalized spacial score (nSPS) is 11.7. The number of hydrogen-bond donors (Lipinski definition) is 2. The van der Waals surface area contributed by atoms with Crippen LogP contribution in [0.15, 0.2) is 48.5 Å². The van der Waals surface area contributed by atoms with Crippen LogP contribution in [0.2, 0.25) is 0 Å². The molecule has 0 aromatic heterocycles. The molecule has 0 saturated heterocycles. The number of rotatable bonds is 28. The molecule has 0 aliphatic heterocycles. The Hall–Kier alpha value is -2.79. The van der Waals surface area contributed by atoms with Gasteiger partial charge in [0.2, 0.25) is 0 Å². The van der Waals surface area contributed by atoms with Crippen LogP contribution in [-0.2, 0) is 20.2 Å². The highest BCUT2D eigenvalue weighted by Crippen LogP contribution is 2.23. The van der Waals surface area contributed by atoms with Crippen LogP contribution in [0.3, 0.4) is 0 Å². The van der Waals surface area contributed by atoms with Crippen LogP contribution in [0.4, 0.5) is 16.2 Å². The van der Waals surface area contributed by atoms with Crippen LogP contribution in [0.5, 0.6) is 11.5 Å². The van der Waals surface area contributed by atoms with Crippen molar-refractivity contribution < 1.29 is 30.0 Å². The van der Waals surface area contributed by atoms with Crippen LogP contribution < -0.4 is 19.0 Å². The second kappa shape index (κ2) is 24.4. The SMILES string of the molecule is CCCCCCCCCCCCS(=O)(=O)Oc1cccc(NC(=O)Nc2cccc(OS(=O)(=O)CCCCCCCCCCCC)c2)c1. The lowest BCUT2D eigenvalue weighted by atomic mass is 10.1. The van der Waals surface area contributed by atoms with Gasteiger partial charge in [0.05, 0.1) is 11.5 Å². The fourth-order valence-electron chi connectivity index (χ4n) is 5.45. The lowest BCUT2D eigenvalue weighted by Gasteiger charge is -2.11. The van der Waals surface area contributed by atoms with E-state index in [-0.39, 0.29) is 23.0 Å². The minimum Gasteiger partial charge on any atom is -0.382 e. The second-order valence-corrected chi connectivity index (χ2v) is 16.1. The van der Waals surface area contributed by atoms with Crippen LogP contribution in [0.1, 0.15) is 142 Å². The van der Waals surface area contributed by atoms with E-state index in [2.05, 4.69) is 24.5 Å². The average molecular weight is 709 g/mol. The maximum Gasteiger partial charge on any atom is 0.323 e. The Morgan fingerprint density at radius 3 is 1.15 bits per heavy atom. The number of unbranched alkanes of at least 4 members (excludes halogenated alkanes) is 18. The van der Waals surface area contributed by atoms with Gasteiger partial charge in [-0.2, -0.15) is 16.8 Å². The van der Waals surface area contributed by atoms with E-state index in [1.54, 1.807) is 24.3 Å². The van der Waals surface area contributed by atoms with E-state index in [0.717, 1.165) is 38.5 Å². The Balaban J connectivity index is 1.71. The molecule has 0 bridgehead atoms. The van der Waals surface area contributed by atoms with Gasteiger partial charge in [0.1, 0.15) is 11.5 Å². The van der Waals surface area contributed by atoms with E-state index < -0.39 is 26.3 Å². The first-order valence-electron chi connectivity index (χ1n) is 18.2. The summed E-state index contributed by atoms with van der Waals surface area (Å²) < 4.78 is 60.6. The Bertz CT molecular complexity index is 1280. The summed E-state index contributed by atoms with van der Waals surface area (Å²) in [7, 11) is -7.53. The summed E-state index contributed by atoms with van der Waals surface area (Å²) in [5.74, 6) is 0.107. The van der Waals surface area contributed by atoms with Crippen molar-refractivity contribution in [1.29, 1.82) is 0 Å². The number of nitrogens with one attached hydrogen (secondary N) is 2. The third-order valence-electron chi connectivity index (χ3n) is 8.13. The number of amides is 2. The summed E-state index contributed by atoms with van der Waals surface area (Å²) in [5, 5.41) is 5.30. The highest BCUT2D eigenvalue weighted by molar-refractivity contribution is 7.87. The smallest absolute Gasteiger partial charge is 0.323 e. The molecule has 0 atom stereocenters. The molecule has 0 fully saturated rings. The van der Waals surface area contributed by atoms with Crippen molar-refractivity contribution in [2.75, 3.05) is 22.1 Å². The standard InChI is InChI=1S/C37H60N2O7S2/c1-3-5-7-9-11-13-15-17-19-21-29-47(41,42)45-35-27-23-25-33(31-35)38-37(40)39-34-26-24-28-36(32-34)46-48(43,44)30-22-20-18-16-14-12-10-8-6-4-2/h23-28,31-32H,3-22,29-30H2,1-2H3,(H2,38,39,40). The van der Waals surface area contributed by atoms with E-state index in [4.69, 9.17) is 8.37 Å². The largest absolute Gasteiger partial charge is 0.382 e. The highest BCUT2D eigenvalue weighted by atomic mass is 32.2. The molecule has 2 rings (SSSR count). The molecule has 9 nitrogen and oxygen atoms in total. The van der Waals surface area contributed by atoms with Crippen molar-refractivity contribution in [2.24, 2.45) is 0 Å². The maximum absolute atomic E-state index is 12.7. The van der Waals surface area contributed by atoms with E-state index in [9.17, 15) is 21.6 Å². The molecule has 48 heavy (non-hydrogen) atoms. The van der Waals surface area contributed by atoms with Crippen LogP contribution in [0.25, 0.3) is 0 Å². The van der Waals surface area contributed by atoms with Gasteiger partial charge in [0, 0.05) is 23.5 Å². The monoisotopic (exact) mass is 708 g/mol. The number of carbonyl (C=O) groups excluding carboxylic acids is 1. The summed E-state index contributed by atoms with van der Waals surface area (Å²) in [6.45, 7) is 4.42. The first-order chi connectivity index (χ1) is 23.1. The van der Waals surface area contributed by atoms with Gasteiger partial charge in [-0.3, -0.25) is 0 Å². The van der Waals surface area contributed by atoms with Gasteiger partial charge in [-0.15, -0.1) is 0 Å². The molecule has 0 spiro atoms. The van der Waals surface area contributed by atoms with Crippen molar-refractivity contribution >= 4 is 37.6 Å². The Kier molecular flexibility index (Phi) is 21.0. The second-order valence-electron chi connectivity index (χ2n) is 12.7. The van der Waals surface area contributed by atoms with Gasteiger partial charge in [0.25, 0.3) is 0 Å². The van der Waals surface area contributed by atoms with E-state index in [1.165, 1.54) is 101 Å². The number of benzene rings is 2. The number of carbonyl (C=O) groups is 1. The lowest BCUT2D eigenvalue weighted by molar-refractivity contribution is 0.262. The molecule has 0 saturated carbocycles. The third kappa shape index (κ3) is 20.5. The third-order valence-corrected chi connectivity index (χ3v) is 10.6. The van der Waals surface area contributed by atoms with Gasteiger partial charge < -0.3 is 19.0 Å². The fourth-order valence-corrected chi connectivity index (χ4v) is 7.53. The van der Waals surface area contributed by atoms with E-state index in [0.29, 0.717) is 24.2 Å². The van der Waals surface area contributed by atoms with Gasteiger partial charge >= 0.3 is 26.3 Å². The first-order valence-corrected chi connectivity index (χ1v) is 21.4. The minimum absolute atomic E-state index is 0.0605. The predicted octanol–water partition coefficient (Wildman–Crippen LogP) is 10.6. The zero-order valence-electron chi connectivity index (χ0n) is 29.3. The molecule has 2 N–H and O–H groups in total. The minimum atomic E-state index is -3.76. The quantitative estimate of drug-likeness (QED) is 0.0665. The summed E-state index contributed by atoms with van der Waals surface area (Å²) in [6.07, 6.45) is 22.2. The molecular weight excluding hydrogens is 649 g/mol. The summed E-state index contributed by atoms with van der Waals surface area (Å²) in [4.78, 5) is 12.7. The van der Waals surface area contributed by atoms with Crippen molar-refractivity contribution in [1.82, 2.24) is 0 Å². The van der Waals surface area contributed by atoms with Gasteiger partial charge in [-0.05, 0) is 37.1 Å². The predicted molar refractivity (Wildman–Crippen MR) is 198 cm³/mol. The van der Waals surface area contributed by atoms with Gasteiger partial charge in [-0.1, -0.05) is 142 Å². The molecule has 2 aromatic carbocycles. The number of hydrogen-bond acceptors (Lipinski definition) is 7. The highest BCUT2D eigenvalue weighted by Gasteiger charge is 2.15. The molecular formula is C37H60N2O7S2. The van der Waals surface area contributed by atoms with Crippen LogP contribution >= 0.6 is 0 Å². The maximum atomic E-state index is 12.7. The topological polar surface area (TPSA) is 128 Å². The van der Waals surface area contributed by atoms with E-state index in [1.807, 2.05) is 0 Å². The van der Waals surface area contributed by atoms with Crippen LogP contribution in [0, 0.1) is 0 Å². The summed E-state index contributed by atoms with van der Waals surface area (Å²) in [5.41, 5.74) is 0.677. The molecule has 2 aromatic rings. The first kappa shape index (κ1) is 41.4.